The van der Waals surface area contributed by atoms with E-state index in [0.717, 1.165) is 29.4 Å². The van der Waals surface area contributed by atoms with Gasteiger partial charge in [-0.3, -0.25) is 10.1 Å². The summed E-state index contributed by atoms with van der Waals surface area (Å²) < 4.78 is 1.11. The number of benzene rings is 1. The van der Waals surface area contributed by atoms with Gasteiger partial charge in [0, 0.05) is 34.1 Å². The van der Waals surface area contributed by atoms with E-state index in [4.69, 9.17) is 0 Å². The first kappa shape index (κ1) is 16.1. The highest BCUT2D eigenvalue weighted by Gasteiger charge is 2.14. The fourth-order valence-electron chi connectivity index (χ4n) is 2.20. The zero-order valence-corrected chi connectivity index (χ0v) is 14.1. The van der Waals surface area contributed by atoms with Gasteiger partial charge in [-0.25, -0.2) is 0 Å². The third-order valence-corrected chi connectivity index (χ3v) is 5.19. The molecule has 4 nitrogen and oxygen atoms in total. The third kappa shape index (κ3) is 4.36. The van der Waals surface area contributed by atoms with Gasteiger partial charge in [-0.1, -0.05) is 25.5 Å². The van der Waals surface area contributed by atoms with Gasteiger partial charge < -0.3 is 5.32 Å². The molecule has 112 valence electrons. The number of nitro benzene ring substituents is 1. The second-order valence-corrected chi connectivity index (χ2v) is 6.62. The summed E-state index contributed by atoms with van der Waals surface area (Å²) in [5, 5.41) is 16.5. The number of non-ortho nitro benzene ring substituents is 1. The van der Waals surface area contributed by atoms with Crippen LogP contribution in [0.5, 0.6) is 0 Å². The highest BCUT2D eigenvalue weighted by atomic mass is 79.9. The fourth-order valence-corrected chi connectivity index (χ4v) is 3.64. The molecule has 6 heteroatoms. The molecule has 1 aromatic carbocycles. The topological polar surface area (TPSA) is 55.2 Å². The van der Waals surface area contributed by atoms with Gasteiger partial charge in [0.2, 0.25) is 0 Å². The minimum atomic E-state index is -0.345. The molecule has 1 aromatic heterocycles. The van der Waals surface area contributed by atoms with Crippen molar-refractivity contribution in [3.63, 3.8) is 0 Å². The van der Waals surface area contributed by atoms with Crippen LogP contribution in [0, 0.1) is 10.1 Å². The Morgan fingerprint density at radius 2 is 2.24 bits per heavy atom. The van der Waals surface area contributed by atoms with E-state index < -0.39 is 0 Å². The van der Waals surface area contributed by atoms with Crippen molar-refractivity contribution in [3.05, 3.63) is 60.7 Å². The number of hydrogen-bond acceptors (Lipinski definition) is 4. The van der Waals surface area contributed by atoms with Crippen molar-refractivity contribution in [2.45, 2.75) is 32.4 Å². The van der Waals surface area contributed by atoms with Gasteiger partial charge in [-0.15, -0.1) is 11.3 Å². The van der Waals surface area contributed by atoms with E-state index in [1.54, 1.807) is 23.5 Å². The SMILES string of the molecule is CCCC(NCc1sccc1Br)c1cccc([N+](=O)[O-])c1. The molecule has 1 atom stereocenters. The second-order valence-electron chi connectivity index (χ2n) is 4.77. The summed E-state index contributed by atoms with van der Waals surface area (Å²) in [5.74, 6) is 0. The maximum atomic E-state index is 10.9. The molecule has 21 heavy (non-hydrogen) atoms. The minimum absolute atomic E-state index is 0.129. The molecule has 1 unspecified atom stereocenters. The molecule has 0 aliphatic heterocycles. The van der Waals surface area contributed by atoms with Crippen LogP contribution in [0.2, 0.25) is 0 Å². The summed E-state index contributed by atoms with van der Waals surface area (Å²) in [5.41, 5.74) is 1.12. The monoisotopic (exact) mass is 368 g/mol. The summed E-state index contributed by atoms with van der Waals surface area (Å²) in [6.45, 7) is 2.87. The van der Waals surface area contributed by atoms with E-state index in [2.05, 4.69) is 28.2 Å². The van der Waals surface area contributed by atoms with Gasteiger partial charge in [0.15, 0.2) is 0 Å². The van der Waals surface area contributed by atoms with E-state index >= 15 is 0 Å². The lowest BCUT2D eigenvalue weighted by Crippen LogP contribution is -2.20. The Hall–Kier alpha value is -1.24. The summed E-state index contributed by atoms with van der Waals surface area (Å²) in [7, 11) is 0. The van der Waals surface area contributed by atoms with Crippen molar-refractivity contribution in [3.8, 4) is 0 Å². The lowest BCUT2D eigenvalue weighted by Gasteiger charge is -2.18. The molecule has 0 radical (unpaired) electrons. The van der Waals surface area contributed by atoms with Crippen LogP contribution in [0.15, 0.2) is 40.2 Å². The Morgan fingerprint density at radius 1 is 1.43 bits per heavy atom. The number of nitrogens with zero attached hydrogens (tertiary/aromatic N) is 1. The van der Waals surface area contributed by atoms with Gasteiger partial charge in [0.25, 0.3) is 5.69 Å². The predicted octanol–water partition coefficient (Wildman–Crippen LogP) is 5.05. The molecule has 1 N–H and O–H groups in total. The normalized spacial score (nSPS) is 12.3. The zero-order chi connectivity index (χ0) is 15.2. The fraction of sp³-hybridized carbons (Fsp3) is 0.333. The summed E-state index contributed by atoms with van der Waals surface area (Å²) in [6.07, 6.45) is 1.97. The molecule has 0 saturated carbocycles. The first-order chi connectivity index (χ1) is 10.1. The quantitative estimate of drug-likeness (QED) is 0.549. The van der Waals surface area contributed by atoms with Crippen LogP contribution in [0.25, 0.3) is 0 Å². The Bertz CT molecular complexity index is 615. The Labute approximate surface area is 136 Å². The van der Waals surface area contributed by atoms with Crippen molar-refractivity contribution in [1.29, 1.82) is 0 Å². The van der Waals surface area contributed by atoms with Gasteiger partial charge in [-0.2, -0.15) is 0 Å². The second kappa shape index (κ2) is 7.68. The van der Waals surface area contributed by atoms with Crippen LogP contribution in [0.4, 0.5) is 5.69 Å². The van der Waals surface area contributed by atoms with E-state index in [0.29, 0.717) is 0 Å². The highest BCUT2D eigenvalue weighted by molar-refractivity contribution is 9.10. The summed E-state index contributed by atoms with van der Waals surface area (Å²) in [4.78, 5) is 11.8. The maximum absolute atomic E-state index is 10.9. The zero-order valence-electron chi connectivity index (χ0n) is 11.7. The first-order valence-electron chi connectivity index (χ1n) is 6.81. The van der Waals surface area contributed by atoms with Crippen LogP contribution >= 0.6 is 27.3 Å². The van der Waals surface area contributed by atoms with Gasteiger partial charge in [0.05, 0.1) is 4.92 Å². The van der Waals surface area contributed by atoms with Crippen LogP contribution in [-0.4, -0.2) is 4.92 Å². The van der Waals surface area contributed by atoms with Crippen LogP contribution < -0.4 is 5.32 Å². The lowest BCUT2D eigenvalue weighted by molar-refractivity contribution is -0.384. The molecule has 0 aliphatic rings. The third-order valence-electron chi connectivity index (χ3n) is 3.26. The molecule has 0 spiro atoms. The number of nitro groups is 1. The smallest absolute Gasteiger partial charge is 0.269 e. The predicted molar refractivity (Wildman–Crippen MR) is 89.6 cm³/mol. The average Bonchev–Trinajstić information content (AvgIpc) is 2.89. The molecule has 2 rings (SSSR count). The van der Waals surface area contributed by atoms with Crippen molar-refractivity contribution < 1.29 is 4.92 Å². The van der Waals surface area contributed by atoms with Crippen LogP contribution in [0.1, 0.15) is 36.2 Å². The molecule has 2 aromatic rings. The molecule has 1 heterocycles. The van der Waals surface area contributed by atoms with Crippen molar-refractivity contribution >= 4 is 33.0 Å². The molecular formula is C15H17BrN2O2S. The molecule has 0 aliphatic carbocycles. The van der Waals surface area contributed by atoms with Crippen LogP contribution in [0.3, 0.4) is 0 Å². The molecule has 0 amide bonds. The molecule has 0 bridgehead atoms. The summed E-state index contributed by atoms with van der Waals surface area (Å²) >= 11 is 5.22. The first-order valence-corrected chi connectivity index (χ1v) is 8.48. The number of nitrogens with one attached hydrogen (secondary N) is 1. The average molecular weight is 369 g/mol. The minimum Gasteiger partial charge on any atom is -0.305 e. The van der Waals surface area contributed by atoms with Gasteiger partial charge >= 0.3 is 0 Å². The van der Waals surface area contributed by atoms with Gasteiger partial charge in [-0.05, 0) is 39.4 Å². The number of halogens is 1. The standard InChI is InChI=1S/C15H17BrN2O2S/c1-2-4-14(17-10-15-13(16)7-8-21-15)11-5-3-6-12(9-11)18(19)20/h3,5-9,14,17H,2,4,10H2,1H3. The molecule has 0 fully saturated rings. The number of rotatable bonds is 7. The van der Waals surface area contributed by atoms with Crippen molar-refractivity contribution in [2.75, 3.05) is 0 Å². The van der Waals surface area contributed by atoms with Crippen LogP contribution in [-0.2, 0) is 6.54 Å². The molecule has 0 saturated heterocycles. The van der Waals surface area contributed by atoms with Crippen molar-refractivity contribution in [1.82, 2.24) is 5.32 Å². The maximum Gasteiger partial charge on any atom is 0.269 e. The Balaban J connectivity index is 2.12. The van der Waals surface area contributed by atoms with E-state index in [9.17, 15) is 10.1 Å². The van der Waals surface area contributed by atoms with E-state index in [-0.39, 0.29) is 16.7 Å². The van der Waals surface area contributed by atoms with E-state index in [1.807, 2.05) is 17.5 Å². The largest absolute Gasteiger partial charge is 0.305 e. The number of thiophene rings is 1. The lowest BCUT2D eigenvalue weighted by atomic mass is 10.0. The highest BCUT2D eigenvalue weighted by Crippen LogP contribution is 2.26. The van der Waals surface area contributed by atoms with Crippen molar-refractivity contribution in [2.24, 2.45) is 0 Å². The Morgan fingerprint density at radius 3 is 2.86 bits per heavy atom. The summed E-state index contributed by atoms with van der Waals surface area (Å²) in [6, 6.07) is 9.05. The number of hydrogen-bond donors (Lipinski definition) is 1. The van der Waals surface area contributed by atoms with E-state index in [1.165, 1.54) is 10.9 Å². The van der Waals surface area contributed by atoms with Gasteiger partial charge in [0.1, 0.15) is 0 Å². The Kier molecular flexibility index (Phi) is 5.90. The molecular weight excluding hydrogens is 352 g/mol.